The monoisotopic (exact) mass is 497 g/mol. The van der Waals surface area contributed by atoms with Crippen LogP contribution in [-0.2, 0) is 4.79 Å². The van der Waals surface area contributed by atoms with Crippen LogP contribution in [0.5, 0.6) is 5.75 Å². The van der Waals surface area contributed by atoms with Crippen molar-refractivity contribution in [2.24, 2.45) is 46.3 Å². The second-order valence-electron chi connectivity index (χ2n) is 13.2. The van der Waals surface area contributed by atoms with E-state index in [1.54, 1.807) is 7.11 Å². The molecular weight excluding hydrogens is 450 g/mol. The number of rotatable bonds is 6. The number of aliphatic hydroxyl groups excluding tert-OH is 2. The minimum absolute atomic E-state index is 0.0518. The Balaban J connectivity index is 1.24. The number of ether oxygens (including phenoxy) is 1. The van der Waals surface area contributed by atoms with Crippen molar-refractivity contribution < 1.29 is 19.7 Å². The summed E-state index contributed by atoms with van der Waals surface area (Å²) in [5, 5.41) is 24.8. The first-order valence-corrected chi connectivity index (χ1v) is 14.5. The normalized spacial score (nSPS) is 42.6. The summed E-state index contributed by atoms with van der Waals surface area (Å²) in [6.07, 6.45) is 9.62. The van der Waals surface area contributed by atoms with Gasteiger partial charge in [0, 0.05) is 6.42 Å². The summed E-state index contributed by atoms with van der Waals surface area (Å²) in [7, 11) is 1.63. The molecule has 5 rings (SSSR count). The van der Waals surface area contributed by atoms with Crippen molar-refractivity contribution in [1.82, 2.24) is 0 Å². The number of carbonyl (C=O) groups is 1. The van der Waals surface area contributed by atoms with Gasteiger partial charge in [0.25, 0.3) is 0 Å². The highest BCUT2D eigenvalue weighted by Gasteiger charge is 2.62. The van der Waals surface area contributed by atoms with Crippen molar-refractivity contribution in [3.8, 4) is 5.75 Å². The molecule has 5 heteroatoms. The molecule has 1 aromatic carbocycles. The molecule has 1 amide bonds. The molecule has 0 bridgehead atoms. The Kier molecular flexibility index (Phi) is 7.19. The van der Waals surface area contributed by atoms with Crippen LogP contribution in [0.25, 0.3) is 0 Å². The second kappa shape index (κ2) is 9.94. The van der Waals surface area contributed by atoms with E-state index in [9.17, 15) is 15.0 Å². The van der Waals surface area contributed by atoms with Gasteiger partial charge in [-0.3, -0.25) is 4.79 Å². The second-order valence-corrected chi connectivity index (χ2v) is 13.2. The van der Waals surface area contributed by atoms with E-state index < -0.39 is 0 Å². The lowest BCUT2D eigenvalue weighted by atomic mass is 9.43. The number of methoxy groups -OCH3 is 1. The fourth-order valence-electron chi connectivity index (χ4n) is 9.70. The maximum Gasteiger partial charge on any atom is 0.224 e. The third kappa shape index (κ3) is 4.38. The number of nitrogens with one attached hydrogen (secondary N) is 1. The lowest BCUT2D eigenvalue weighted by molar-refractivity contribution is -0.174. The lowest BCUT2D eigenvalue weighted by Gasteiger charge is -2.62. The van der Waals surface area contributed by atoms with E-state index in [1.165, 1.54) is 25.7 Å². The summed E-state index contributed by atoms with van der Waals surface area (Å²) in [5.41, 5.74) is 1.25. The zero-order chi connectivity index (χ0) is 25.7. The number of amides is 1. The van der Waals surface area contributed by atoms with Crippen LogP contribution in [0.2, 0.25) is 0 Å². The van der Waals surface area contributed by atoms with Gasteiger partial charge >= 0.3 is 0 Å². The van der Waals surface area contributed by atoms with E-state index in [-0.39, 0.29) is 28.9 Å². The number of hydrogen-bond donors (Lipinski definition) is 3. The van der Waals surface area contributed by atoms with Gasteiger partial charge in [0.2, 0.25) is 5.91 Å². The average Bonchev–Trinajstić information content (AvgIpc) is 3.21. The first kappa shape index (κ1) is 26.0. The Morgan fingerprint density at radius 3 is 2.56 bits per heavy atom. The molecule has 0 aromatic heterocycles. The van der Waals surface area contributed by atoms with E-state index in [0.29, 0.717) is 47.7 Å². The smallest absolute Gasteiger partial charge is 0.224 e. The van der Waals surface area contributed by atoms with E-state index in [2.05, 4.69) is 26.1 Å². The molecule has 10 atom stereocenters. The van der Waals surface area contributed by atoms with E-state index in [0.717, 1.165) is 37.8 Å². The van der Waals surface area contributed by atoms with Crippen LogP contribution < -0.4 is 10.1 Å². The summed E-state index contributed by atoms with van der Waals surface area (Å²) < 4.78 is 5.38. The Labute approximate surface area is 217 Å². The minimum atomic E-state index is -0.233. The van der Waals surface area contributed by atoms with Crippen molar-refractivity contribution in [1.29, 1.82) is 0 Å². The number of hydrogen-bond acceptors (Lipinski definition) is 4. The molecule has 200 valence electrons. The summed E-state index contributed by atoms with van der Waals surface area (Å²) in [5.74, 6) is 3.84. The Morgan fingerprint density at radius 1 is 1.06 bits per heavy atom. The number of carbonyl (C=O) groups excluding carboxylic acids is 1. The molecule has 0 spiro atoms. The lowest BCUT2D eigenvalue weighted by Crippen LogP contribution is -2.58. The number of anilines is 1. The largest absolute Gasteiger partial charge is 0.495 e. The Hall–Kier alpha value is -1.59. The number of benzene rings is 1. The maximum atomic E-state index is 12.8. The van der Waals surface area contributed by atoms with Gasteiger partial charge in [-0.1, -0.05) is 32.9 Å². The van der Waals surface area contributed by atoms with Gasteiger partial charge in [-0.2, -0.15) is 0 Å². The number of aliphatic hydroxyl groups is 2. The van der Waals surface area contributed by atoms with E-state index in [1.807, 2.05) is 24.3 Å². The maximum absolute atomic E-state index is 12.8. The molecule has 7 unspecified atom stereocenters. The zero-order valence-corrected chi connectivity index (χ0v) is 22.7. The Bertz CT molecular complexity index is 950. The molecule has 0 radical (unpaired) electrons. The van der Waals surface area contributed by atoms with Crippen molar-refractivity contribution in [2.75, 3.05) is 12.4 Å². The molecule has 0 aliphatic heterocycles. The molecule has 4 aliphatic carbocycles. The predicted molar refractivity (Wildman–Crippen MR) is 143 cm³/mol. The first-order valence-electron chi connectivity index (χ1n) is 14.5. The van der Waals surface area contributed by atoms with Crippen LogP contribution in [0.3, 0.4) is 0 Å². The third-order valence-electron chi connectivity index (χ3n) is 11.6. The molecule has 3 N–H and O–H groups in total. The summed E-state index contributed by atoms with van der Waals surface area (Å²) in [6, 6.07) is 7.57. The van der Waals surface area contributed by atoms with E-state index >= 15 is 0 Å². The van der Waals surface area contributed by atoms with Gasteiger partial charge in [-0.15, -0.1) is 0 Å². The summed E-state index contributed by atoms with van der Waals surface area (Å²) in [6.45, 7) is 7.33. The van der Waals surface area contributed by atoms with Crippen molar-refractivity contribution in [3.63, 3.8) is 0 Å². The van der Waals surface area contributed by atoms with Crippen LogP contribution in [0.4, 0.5) is 5.69 Å². The molecule has 4 fully saturated rings. The highest BCUT2D eigenvalue weighted by molar-refractivity contribution is 5.92. The van der Waals surface area contributed by atoms with Crippen LogP contribution in [0.1, 0.15) is 85.0 Å². The van der Waals surface area contributed by atoms with Crippen LogP contribution in [0.15, 0.2) is 24.3 Å². The average molecular weight is 498 g/mol. The quantitative estimate of drug-likeness (QED) is 0.448. The summed E-state index contributed by atoms with van der Waals surface area (Å²) >= 11 is 0. The van der Waals surface area contributed by atoms with Gasteiger partial charge < -0.3 is 20.3 Å². The Morgan fingerprint density at radius 2 is 1.78 bits per heavy atom. The molecule has 5 nitrogen and oxygen atoms in total. The highest BCUT2D eigenvalue weighted by Crippen LogP contribution is 2.68. The standard InChI is InChI=1S/C31H47NO4/c1-19(9-12-28(35)32-25-7-5-6-8-27(25)36-4)22-10-11-23-29-24(14-16-31(22,23)3)30(2)15-13-21(33)17-20(30)18-26(29)34/h5-8,19-24,26,29,33-34H,9-18H2,1-4H3,(H,32,35)/t19-,20?,21-,22-,23?,24?,26?,29?,30?,31?/m1/s1. The molecule has 1 aromatic rings. The fraction of sp³-hybridized carbons (Fsp3) is 0.774. The number of fused-ring (bicyclic) bond motifs is 5. The molecule has 0 heterocycles. The van der Waals surface area contributed by atoms with Crippen molar-refractivity contribution >= 4 is 11.6 Å². The third-order valence-corrected chi connectivity index (χ3v) is 11.6. The topological polar surface area (TPSA) is 78.8 Å². The van der Waals surface area contributed by atoms with Gasteiger partial charge in [0.05, 0.1) is 25.0 Å². The van der Waals surface area contributed by atoms with Crippen molar-refractivity contribution in [3.05, 3.63) is 24.3 Å². The van der Waals surface area contributed by atoms with Crippen LogP contribution in [-0.4, -0.2) is 35.4 Å². The van der Waals surface area contributed by atoms with Crippen LogP contribution in [0, 0.1) is 46.3 Å². The van der Waals surface area contributed by atoms with Crippen LogP contribution >= 0.6 is 0 Å². The molecule has 4 saturated carbocycles. The minimum Gasteiger partial charge on any atom is -0.495 e. The van der Waals surface area contributed by atoms with E-state index in [4.69, 9.17) is 4.74 Å². The number of para-hydroxylation sites is 2. The van der Waals surface area contributed by atoms with Gasteiger partial charge in [0.1, 0.15) is 5.75 Å². The fourth-order valence-corrected chi connectivity index (χ4v) is 9.70. The SMILES string of the molecule is COc1ccccc1NC(=O)CC[C@@H](C)[C@H]1CCC2C3C(O)CC4C[C@H](O)CCC4(C)C3CCC21C. The summed E-state index contributed by atoms with van der Waals surface area (Å²) in [4.78, 5) is 12.8. The van der Waals surface area contributed by atoms with Crippen molar-refractivity contribution in [2.45, 2.75) is 97.2 Å². The molecule has 4 aliphatic rings. The predicted octanol–water partition coefficient (Wildman–Crippen LogP) is 6.04. The molecule has 36 heavy (non-hydrogen) atoms. The zero-order valence-electron chi connectivity index (χ0n) is 22.7. The molecular formula is C31H47NO4. The molecule has 0 saturated heterocycles. The van der Waals surface area contributed by atoms with Gasteiger partial charge in [0.15, 0.2) is 0 Å². The highest BCUT2D eigenvalue weighted by atomic mass is 16.5. The van der Waals surface area contributed by atoms with Gasteiger partial charge in [-0.25, -0.2) is 0 Å². The van der Waals surface area contributed by atoms with Gasteiger partial charge in [-0.05, 0) is 116 Å². The first-order chi connectivity index (χ1) is 17.2.